The molecular formula is C69H112ClF3N12O12. The van der Waals surface area contributed by atoms with Crippen molar-refractivity contribution < 1.29 is 70.7 Å². The lowest BCUT2D eigenvalue weighted by Gasteiger charge is -2.45. The number of fused-ring (bicyclic) bond motifs is 2. The van der Waals surface area contributed by atoms with Gasteiger partial charge in [0.2, 0.25) is 70.9 Å². The first-order chi connectivity index (χ1) is 45.5. The number of unbranched alkanes of at least 4 members (excludes halogenated alkanes) is 1. The molecule has 4 saturated heterocycles. The molecule has 0 radical (unpaired) electrons. The van der Waals surface area contributed by atoms with Crippen molar-refractivity contribution >= 4 is 82.5 Å². The molecule has 6 aliphatic rings. The van der Waals surface area contributed by atoms with E-state index in [4.69, 9.17) is 11.6 Å². The normalized spacial score (nSPS) is 30.4. The van der Waals surface area contributed by atoms with Crippen LogP contribution in [0.25, 0.3) is 0 Å². The topological polar surface area (TPSA) is 270 Å². The number of carbonyl (C=O) groups is 12. The zero-order valence-electron chi connectivity index (χ0n) is 60.0. The Morgan fingerprint density at radius 3 is 1.84 bits per heavy atom. The summed E-state index contributed by atoms with van der Waals surface area (Å²) in [5.74, 6) is -10.9. The smallest absolute Gasteiger partial charge is 0.343 e. The van der Waals surface area contributed by atoms with Gasteiger partial charge in [-0.3, -0.25) is 57.5 Å². The molecule has 2 aliphatic carbocycles. The molecule has 4 aliphatic heterocycles. The van der Waals surface area contributed by atoms with Crippen LogP contribution in [0.5, 0.6) is 0 Å². The molecule has 3 N–H and O–H groups in total. The summed E-state index contributed by atoms with van der Waals surface area (Å²) in [5.41, 5.74) is -1.56. The highest BCUT2D eigenvalue weighted by atomic mass is 35.5. The predicted molar refractivity (Wildman–Crippen MR) is 358 cm³/mol. The maximum atomic E-state index is 15.4. The number of carbonyl (C=O) groups excluding carboxylic acids is 12. The van der Waals surface area contributed by atoms with E-state index >= 15 is 14.4 Å². The number of halogens is 4. The van der Waals surface area contributed by atoms with Crippen molar-refractivity contribution in [2.24, 2.45) is 29.6 Å². The molecule has 0 aromatic heterocycles. The molecule has 0 aromatic carbocycles. The molecule has 548 valence electrons. The Hall–Kier alpha value is -6.28. The Bertz CT molecular complexity index is 2840. The SMILES string of the molecule is CCCC[C@H]1C(=O)N(C)CC(=O)N[C@@H](CCC2CCC(C(F)(F)F)C(Cl)C2)C(=O)N2CCC[C@H]2C(=O)NC2(CCCC2)C(=O)N(C)[C@@H](C(C)C)C(=O)N(C)[C@H](C(=O)N2CCCCC2)CC(=O)N(C)[C@@H](CC(C)C)C(=O)N[C@@H]([C@@H](C)CC)C(=O)N(C)[C@@H](C)C(=O)N2CC[C@H]2C(=O)N1C. The standard InChI is InChI=1S/C69H112ClF3N12O12/c1-15-17-24-50-62(92)77(9)40-54(86)74-48(29-27-45-26-28-46(47(70)38-45)69(71,72)73)61(91)84-35-23-25-49(84)59(89)76-68(31-19-20-32-68)67(97)82(14)57(42(5)6)66(96)81(13)53(64(94)83-33-21-18-22-34-83)39-55(87)79(11)52(37-41(3)4)58(88)75-56(43(7)16-2)65(95)78(10)44(8)60(90)85-36-30-51(85)63(93)80(50)12/h41-53,56-57H,15-40H2,1-14H3,(H,74,86)(H,75,88)(H,76,89)/t43-,44-,45?,46?,47?,48-,49-,50-,51-,52-,53-,56-,57-/m0/s1. The van der Waals surface area contributed by atoms with Crippen molar-refractivity contribution in [1.29, 1.82) is 0 Å². The lowest BCUT2D eigenvalue weighted by atomic mass is 9.78. The van der Waals surface area contributed by atoms with Crippen molar-refractivity contribution in [2.45, 2.75) is 262 Å². The summed E-state index contributed by atoms with van der Waals surface area (Å²) in [6, 6.07) is -10.8. The van der Waals surface area contributed by atoms with Crippen molar-refractivity contribution in [2.75, 3.05) is 75.0 Å². The van der Waals surface area contributed by atoms with Crippen LogP contribution < -0.4 is 16.0 Å². The lowest BCUT2D eigenvalue weighted by molar-refractivity contribution is -0.182. The number of alkyl halides is 4. The third kappa shape index (κ3) is 19.0. The van der Waals surface area contributed by atoms with Gasteiger partial charge in [-0.15, -0.1) is 11.6 Å². The highest BCUT2D eigenvalue weighted by Gasteiger charge is 2.52. The van der Waals surface area contributed by atoms with Crippen LogP contribution >= 0.6 is 11.6 Å². The minimum atomic E-state index is -4.51. The molecule has 2 saturated carbocycles. The van der Waals surface area contributed by atoms with Crippen LogP contribution in [0.15, 0.2) is 0 Å². The first kappa shape index (κ1) is 79.7. The fourth-order valence-corrected chi connectivity index (χ4v) is 15.7. The van der Waals surface area contributed by atoms with Gasteiger partial charge in [0.1, 0.15) is 59.9 Å². The number of hydrogen-bond donors (Lipinski definition) is 3. The second kappa shape index (κ2) is 34.7. The number of nitrogens with one attached hydrogen (secondary N) is 3. The monoisotopic (exact) mass is 1390 g/mol. The molecule has 1 spiro atoms. The van der Waals surface area contributed by atoms with Gasteiger partial charge in [-0.1, -0.05) is 80.6 Å². The van der Waals surface area contributed by atoms with Gasteiger partial charge in [0.15, 0.2) is 0 Å². The average molecular weight is 1390 g/mol. The minimum absolute atomic E-state index is 0.00216. The van der Waals surface area contributed by atoms with E-state index in [9.17, 15) is 56.3 Å². The van der Waals surface area contributed by atoms with E-state index in [1.54, 1.807) is 25.7 Å². The second-order valence-electron chi connectivity index (χ2n) is 29.5. The van der Waals surface area contributed by atoms with Gasteiger partial charge in [-0.25, -0.2) is 0 Å². The number of hydrogen-bond acceptors (Lipinski definition) is 12. The summed E-state index contributed by atoms with van der Waals surface area (Å²) >= 11 is 6.38. The first-order valence-electron chi connectivity index (χ1n) is 35.6. The van der Waals surface area contributed by atoms with Gasteiger partial charge in [0.05, 0.1) is 18.9 Å². The maximum Gasteiger partial charge on any atom is 0.393 e. The van der Waals surface area contributed by atoms with Crippen molar-refractivity contribution in [1.82, 2.24) is 60.0 Å². The summed E-state index contributed by atoms with van der Waals surface area (Å²) in [6.45, 7) is 14.6. The quantitative estimate of drug-likeness (QED) is 0.210. The molecule has 6 fully saturated rings. The molecular weight excluding hydrogens is 1280 g/mol. The van der Waals surface area contributed by atoms with Gasteiger partial charge < -0.3 is 60.0 Å². The van der Waals surface area contributed by atoms with Crippen molar-refractivity contribution in [3.8, 4) is 0 Å². The van der Waals surface area contributed by atoms with Crippen LogP contribution in [0.1, 0.15) is 190 Å². The van der Waals surface area contributed by atoms with E-state index in [1.165, 1.54) is 83.5 Å². The lowest BCUT2D eigenvalue weighted by Crippen LogP contribution is -2.65. The molecule has 6 rings (SSSR count). The van der Waals surface area contributed by atoms with E-state index in [1.807, 2.05) is 27.7 Å². The molecule has 13 atom stereocenters. The predicted octanol–water partition coefficient (Wildman–Crippen LogP) is 5.31. The summed E-state index contributed by atoms with van der Waals surface area (Å²) < 4.78 is 41.9. The zero-order valence-corrected chi connectivity index (χ0v) is 60.7. The van der Waals surface area contributed by atoms with Crippen LogP contribution in [0.3, 0.4) is 0 Å². The minimum Gasteiger partial charge on any atom is -0.343 e. The second-order valence-corrected chi connectivity index (χ2v) is 30.0. The Labute approximate surface area is 577 Å². The molecule has 12 amide bonds. The molecule has 97 heavy (non-hydrogen) atoms. The number of nitrogens with zero attached hydrogens (tertiary/aromatic N) is 9. The third-order valence-electron chi connectivity index (χ3n) is 21.8. The van der Waals surface area contributed by atoms with E-state index in [2.05, 4.69) is 16.0 Å². The molecule has 28 heteroatoms. The molecule has 3 unspecified atom stereocenters. The molecule has 24 nitrogen and oxygen atoms in total. The fourth-order valence-electron chi connectivity index (χ4n) is 15.2. The van der Waals surface area contributed by atoms with Gasteiger partial charge in [0, 0.05) is 73.8 Å². The van der Waals surface area contributed by atoms with E-state index in [0.717, 1.165) is 11.3 Å². The highest BCUT2D eigenvalue weighted by molar-refractivity contribution is 6.21. The summed E-state index contributed by atoms with van der Waals surface area (Å²) in [4.78, 5) is 190. The largest absolute Gasteiger partial charge is 0.393 e. The Morgan fingerprint density at radius 1 is 0.629 bits per heavy atom. The van der Waals surface area contributed by atoms with Crippen LogP contribution in [0.2, 0.25) is 0 Å². The van der Waals surface area contributed by atoms with E-state index in [-0.39, 0.29) is 95.6 Å². The molecule has 0 bridgehead atoms. The van der Waals surface area contributed by atoms with Crippen molar-refractivity contribution in [3.63, 3.8) is 0 Å². The number of piperidine rings is 1. The highest BCUT2D eigenvalue weighted by Crippen LogP contribution is 2.44. The summed E-state index contributed by atoms with van der Waals surface area (Å²) in [6.07, 6.45) is 1.15. The van der Waals surface area contributed by atoms with Gasteiger partial charge >= 0.3 is 6.18 Å². The average Bonchev–Trinajstić information content (AvgIpc) is 1.74. The van der Waals surface area contributed by atoms with Gasteiger partial charge in [-0.05, 0) is 127 Å². The first-order valence-corrected chi connectivity index (χ1v) is 36.1. The Kier molecular flexibility index (Phi) is 28.5. The van der Waals surface area contributed by atoms with Gasteiger partial charge in [0.25, 0.3) is 0 Å². The van der Waals surface area contributed by atoms with Crippen LogP contribution in [-0.4, -0.2) is 261 Å². The number of likely N-dealkylation sites (tertiary alicyclic amines) is 1. The Balaban J connectivity index is 1.41. The van der Waals surface area contributed by atoms with Crippen LogP contribution in [0.4, 0.5) is 13.2 Å². The zero-order chi connectivity index (χ0) is 72.3. The van der Waals surface area contributed by atoms with E-state index in [0.29, 0.717) is 64.5 Å². The van der Waals surface area contributed by atoms with Crippen LogP contribution in [0, 0.1) is 29.6 Å². The Morgan fingerprint density at radius 2 is 1.27 bits per heavy atom. The summed E-state index contributed by atoms with van der Waals surface area (Å²) in [5, 5.41) is 7.54. The fraction of sp³-hybridized carbons (Fsp3) is 0.826. The number of amides is 12. The number of rotatable bonds is 12. The maximum absolute atomic E-state index is 15.4. The molecule has 0 aromatic rings. The van der Waals surface area contributed by atoms with Crippen molar-refractivity contribution in [3.05, 3.63) is 0 Å². The molecule has 4 heterocycles. The van der Waals surface area contributed by atoms with E-state index < -0.39 is 173 Å². The van der Waals surface area contributed by atoms with Gasteiger partial charge in [-0.2, -0.15) is 13.2 Å². The van der Waals surface area contributed by atoms with Crippen LogP contribution in [-0.2, 0) is 57.5 Å². The number of likely N-dealkylation sites (N-methyl/N-ethyl adjacent to an activating group) is 6. The summed E-state index contributed by atoms with van der Waals surface area (Å²) in [7, 11) is 8.56. The third-order valence-corrected chi connectivity index (χ3v) is 22.3.